The van der Waals surface area contributed by atoms with Crippen molar-refractivity contribution in [3.8, 4) is 5.75 Å². The number of nitrogens with one attached hydrogen (secondary N) is 1. The lowest BCUT2D eigenvalue weighted by Gasteiger charge is -2.18. The van der Waals surface area contributed by atoms with Crippen molar-refractivity contribution < 1.29 is 14.6 Å². The van der Waals surface area contributed by atoms with E-state index in [4.69, 9.17) is 4.74 Å². The average Bonchev–Trinajstić information content (AvgIpc) is 3.16. The van der Waals surface area contributed by atoms with Gasteiger partial charge in [-0.05, 0) is 38.3 Å². The molecule has 2 rings (SSSR count). The number of carbonyl (C=O) groups excluding carboxylic acids is 1. The third kappa shape index (κ3) is 3.23. The topological polar surface area (TPSA) is 58.6 Å². The first-order valence-electron chi connectivity index (χ1n) is 6.40. The maximum Gasteiger partial charge on any atom is 0.327 e. The van der Waals surface area contributed by atoms with Crippen molar-refractivity contribution in [1.82, 2.24) is 5.32 Å². The van der Waals surface area contributed by atoms with E-state index in [-0.39, 0.29) is 11.7 Å². The average molecular weight is 249 g/mol. The Morgan fingerprint density at radius 3 is 2.83 bits per heavy atom. The molecule has 0 aromatic heterocycles. The van der Waals surface area contributed by atoms with Crippen molar-refractivity contribution in [3.63, 3.8) is 0 Å². The van der Waals surface area contributed by atoms with Gasteiger partial charge in [-0.1, -0.05) is 18.2 Å². The maximum atomic E-state index is 11.9. The molecule has 0 radical (unpaired) electrons. The van der Waals surface area contributed by atoms with Gasteiger partial charge in [-0.2, -0.15) is 0 Å². The number of phenolic OH excluding ortho intramolecular Hbond substituents is 1. The summed E-state index contributed by atoms with van der Waals surface area (Å²) in [6, 6.07) is 6.30. The summed E-state index contributed by atoms with van der Waals surface area (Å²) in [5.41, 5.74) is 0.580. The van der Waals surface area contributed by atoms with Crippen molar-refractivity contribution in [2.75, 3.05) is 13.2 Å². The Labute approximate surface area is 107 Å². The summed E-state index contributed by atoms with van der Waals surface area (Å²) in [6.07, 6.45) is 2.42. The highest BCUT2D eigenvalue weighted by Crippen LogP contribution is 2.30. The Kier molecular flexibility index (Phi) is 4.20. The number of rotatable bonds is 6. The Morgan fingerprint density at radius 2 is 2.22 bits per heavy atom. The van der Waals surface area contributed by atoms with Crippen LogP contribution in [0.15, 0.2) is 24.3 Å². The van der Waals surface area contributed by atoms with Gasteiger partial charge >= 0.3 is 5.97 Å². The molecule has 1 fully saturated rings. The molecule has 0 saturated heterocycles. The molecule has 1 aromatic carbocycles. The number of hydrogen-bond acceptors (Lipinski definition) is 4. The first kappa shape index (κ1) is 12.9. The predicted octanol–water partition coefficient (Wildman–Crippen LogP) is 2.00. The van der Waals surface area contributed by atoms with Crippen LogP contribution in [-0.4, -0.2) is 24.2 Å². The fourth-order valence-electron chi connectivity index (χ4n) is 1.88. The summed E-state index contributed by atoms with van der Waals surface area (Å²) >= 11 is 0. The molecule has 0 heterocycles. The molecule has 0 aliphatic heterocycles. The lowest BCUT2D eigenvalue weighted by Crippen LogP contribution is -2.31. The largest absolute Gasteiger partial charge is 0.508 e. The Hall–Kier alpha value is -1.55. The van der Waals surface area contributed by atoms with E-state index >= 15 is 0 Å². The van der Waals surface area contributed by atoms with Crippen LogP contribution in [-0.2, 0) is 9.53 Å². The zero-order chi connectivity index (χ0) is 13.0. The molecule has 1 atom stereocenters. The van der Waals surface area contributed by atoms with Crippen LogP contribution in [0.2, 0.25) is 0 Å². The smallest absolute Gasteiger partial charge is 0.327 e. The Morgan fingerprint density at radius 1 is 1.50 bits per heavy atom. The third-order valence-electron chi connectivity index (χ3n) is 3.08. The third-order valence-corrected chi connectivity index (χ3v) is 3.08. The highest BCUT2D eigenvalue weighted by atomic mass is 16.5. The van der Waals surface area contributed by atoms with Gasteiger partial charge in [0, 0.05) is 5.56 Å². The number of aromatic hydroxyl groups is 1. The SMILES string of the molecule is CCOC(=O)C(NCC1CC1)c1ccccc1O. The fourth-order valence-corrected chi connectivity index (χ4v) is 1.88. The second kappa shape index (κ2) is 5.87. The van der Waals surface area contributed by atoms with Gasteiger partial charge in [0.1, 0.15) is 11.8 Å². The molecule has 1 aliphatic rings. The van der Waals surface area contributed by atoms with Gasteiger partial charge in [0.15, 0.2) is 0 Å². The van der Waals surface area contributed by atoms with Gasteiger partial charge < -0.3 is 15.2 Å². The van der Waals surface area contributed by atoms with Crippen LogP contribution in [0.5, 0.6) is 5.75 Å². The van der Waals surface area contributed by atoms with E-state index in [0.717, 1.165) is 6.54 Å². The molecule has 4 heteroatoms. The van der Waals surface area contributed by atoms with Crippen LogP contribution in [0.3, 0.4) is 0 Å². The van der Waals surface area contributed by atoms with Crippen LogP contribution < -0.4 is 5.32 Å². The number of hydrogen-bond donors (Lipinski definition) is 2. The minimum Gasteiger partial charge on any atom is -0.508 e. The zero-order valence-electron chi connectivity index (χ0n) is 10.6. The maximum absolute atomic E-state index is 11.9. The molecule has 0 spiro atoms. The lowest BCUT2D eigenvalue weighted by molar-refractivity contribution is -0.145. The van der Waals surface area contributed by atoms with Gasteiger partial charge in [0.25, 0.3) is 0 Å². The Balaban J connectivity index is 2.11. The first-order chi connectivity index (χ1) is 8.72. The van der Waals surface area contributed by atoms with E-state index in [1.165, 1.54) is 12.8 Å². The number of para-hydroxylation sites is 1. The van der Waals surface area contributed by atoms with Crippen molar-refractivity contribution in [3.05, 3.63) is 29.8 Å². The van der Waals surface area contributed by atoms with Crippen LogP contribution in [0.4, 0.5) is 0 Å². The molecule has 18 heavy (non-hydrogen) atoms. The number of ether oxygens (including phenoxy) is 1. The highest BCUT2D eigenvalue weighted by molar-refractivity contribution is 5.78. The number of benzene rings is 1. The summed E-state index contributed by atoms with van der Waals surface area (Å²) in [5, 5.41) is 13.0. The number of phenols is 1. The monoisotopic (exact) mass is 249 g/mol. The van der Waals surface area contributed by atoms with Crippen molar-refractivity contribution in [1.29, 1.82) is 0 Å². The molecular formula is C14H19NO3. The molecule has 0 bridgehead atoms. The summed E-state index contributed by atoms with van der Waals surface area (Å²) in [4.78, 5) is 11.9. The van der Waals surface area contributed by atoms with E-state index in [2.05, 4.69) is 5.32 Å². The molecule has 0 amide bonds. The normalized spacial score (nSPS) is 16.3. The molecule has 1 unspecified atom stereocenters. The highest BCUT2D eigenvalue weighted by Gasteiger charge is 2.28. The molecule has 2 N–H and O–H groups in total. The predicted molar refractivity (Wildman–Crippen MR) is 68.2 cm³/mol. The van der Waals surface area contributed by atoms with Crippen LogP contribution in [0.25, 0.3) is 0 Å². The second-order valence-electron chi connectivity index (χ2n) is 4.60. The van der Waals surface area contributed by atoms with Crippen LogP contribution >= 0.6 is 0 Å². The zero-order valence-corrected chi connectivity index (χ0v) is 10.6. The molecule has 1 aliphatic carbocycles. The van der Waals surface area contributed by atoms with Crippen LogP contribution in [0.1, 0.15) is 31.4 Å². The minimum absolute atomic E-state index is 0.124. The van der Waals surface area contributed by atoms with Gasteiger partial charge in [-0.3, -0.25) is 0 Å². The van der Waals surface area contributed by atoms with E-state index in [9.17, 15) is 9.90 Å². The molecule has 4 nitrogen and oxygen atoms in total. The second-order valence-corrected chi connectivity index (χ2v) is 4.60. The van der Waals surface area contributed by atoms with Gasteiger partial charge in [0.05, 0.1) is 6.61 Å². The van der Waals surface area contributed by atoms with Gasteiger partial charge in [-0.15, -0.1) is 0 Å². The van der Waals surface area contributed by atoms with Crippen molar-refractivity contribution >= 4 is 5.97 Å². The van der Waals surface area contributed by atoms with E-state index < -0.39 is 6.04 Å². The van der Waals surface area contributed by atoms with E-state index in [0.29, 0.717) is 18.1 Å². The molecule has 98 valence electrons. The van der Waals surface area contributed by atoms with Gasteiger partial charge in [0.2, 0.25) is 0 Å². The quantitative estimate of drug-likeness (QED) is 0.757. The summed E-state index contributed by atoms with van der Waals surface area (Å²) in [6.45, 7) is 2.91. The van der Waals surface area contributed by atoms with Gasteiger partial charge in [-0.25, -0.2) is 4.79 Å². The number of carbonyl (C=O) groups is 1. The van der Waals surface area contributed by atoms with Crippen molar-refractivity contribution in [2.24, 2.45) is 5.92 Å². The first-order valence-corrected chi connectivity index (χ1v) is 6.40. The van der Waals surface area contributed by atoms with E-state index in [1.807, 2.05) is 0 Å². The van der Waals surface area contributed by atoms with E-state index in [1.54, 1.807) is 31.2 Å². The summed E-state index contributed by atoms with van der Waals surface area (Å²) in [7, 11) is 0. The van der Waals surface area contributed by atoms with Crippen LogP contribution in [0, 0.1) is 5.92 Å². The van der Waals surface area contributed by atoms with Crippen molar-refractivity contribution in [2.45, 2.75) is 25.8 Å². The molecule has 1 aromatic rings. The standard InChI is InChI=1S/C14H19NO3/c1-2-18-14(17)13(15-9-10-7-8-10)11-5-3-4-6-12(11)16/h3-6,10,13,15-16H,2,7-9H2,1H3. The minimum atomic E-state index is -0.577. The lowest BCUT2D eigenvalue weighted by atomic mass is 10.1. The fraction of sp³-hybridized carbons (Fsp3) is 0.500. The summed E-state index contributed by atoms with van der Waals surface area (Å²) < 4.78 is 5.05. The number of esters is 1. The Bertz CT molecular complexity index is 415. The molecule has 1 saturated carbocycles. The summed E-state index contributed by atoms with van der Waals surface area (Å²) in [5.74, 6) is 0.450. The molecular weight excluding hydrogens is 230 g/mol.